The van der Waals surface area contributed by atoms with Gasteiger partial charge in [-0.05, 0) is 19.8 Å². The Morgan fingerprint density at radius 2 is 2.25 bits per heavy atom. The lowest BCUT2D eigenvalue weighted by Gasteiger charge is -2.26. The number of nitrogens with zero attached hydrogens (tertiary/aromatic N) is 2. The lowest BCUT2D eigenvalue weighted by molar-refractivity contribution is 0.411. The molecule has 1 aliphatic rings. The van der Waals surface area contributed by atoms with Crippen LogP contribution in [0.3, 0.4) is 0 Å². The molecule has 0 saturated carbocycles. The minimum Gasteiger partial charge on any atom is -0.337 e. The summed E-state index contributed by atoms with van der Waals surface area (Å²) >= 11 is 0. The molecule has 2 heterocycles. The average Bonchev–Trinajstić information content (AvgIpc) is 2.68. The van der Waals surface area contributed by atoms with E-state index in [4.69, 9.17) is 0 Å². The van der Waals surface area contributed by atoms with Gasteiger partial charge in [0, 0.05) is 47.8 Å². The summed E-state index contributed by atoms with van der Waals surface area (Å²) in [7, 11) is 1.43. The lowest BCUT2D eigenvalue weighted by atomic mass is 10.1. The van der Waals surface area contributed by atoms with Crippen LogP contribution < -0.4 is 5.32 Å². The predicted molar refractivity (Wildman–Crippen MR) is 65.7 cm³/mol. The van der Waals surface area contributed by atoms with Gasteiger partial charge < -0.3 is 9.88 Å². The van der Waals surface area contributed by atoms with Crippen molar-refractivity contribution in [2.24, 2.45) is 7.05 Å². The van der Waals surface area contributed by atoms with Crippen molar-refractivity contribution in [2.45, 2.75) is 31.8 Å². The zero-order valence-corrected chi connectivity index (χ0v) is 10.7. The molecular weight excluding hydrogens is 222 g/mol. The quantitative estimate of drug-likeness (QED) is 0.858. The fourth-order valence-electron chi connectivity index (χ4n) is 2.18. The van der Waals surface area contributed by atoms with E-state index in [9.17, 15) is 4.21 Å². The fraction of sp³-hybridized carbons (Fsp3) is 0.727. The normalized spacial score (nSPS) is 27.9. The summed E-state index contributed by atoms with van der Waals surface area (Å²) < 4.78 is 13.3. The minimum absolute atomic E-state index is 0.261. The molecule has 2 rings (SSSR count). The predicted octanol–water partition coefficient (Wildman–Crippen LogP) is 0.982. The Labute approximate surface area is 98.9 Å². The first-order valence-electron chi connectivity index (χ1n) is 5.75. The van der Waals surface area contributed by atoms with Crippen LogP contribution in [0.2, 0.25) is 0 Å². The van der Waals surface area contributed by atoms with Crippen LogP contribution in [-0.2, 0) is 17.8 Å². The third-order valence-corrected chi connectivity index (χ3v) is 4.50. The second kappa shape index (κ2) is 5.10. The van der Waals surface area contributed by atoms with Gasteiger partial charge in [-0.25, -0.2) is 4.98 Å². The first kappa shape index (κ1) is 11.8. The van der Waals surface area contributed by atoms with Crippen molar-refractivity contribution < 1.29 is 4.21 Å². The van der Waals surface area contributed by atoms with Gasteiger partial charge in [0.05, 0.1) is 6.04 Å². The number of aryl methyl sites for hydroxylation is 1. The molecule has 1 atom stereocenters. The number of rotatable bonds is 3. The van der Waals surface area contributed by atoms with E-state index in [0.29, 0.717) is 6.04 Å². The van der Waals surface area contributed by atoms with Crippen molar-refractivity contribution in [1.29, 1.82) is 0 Å². The molecule has 0 amide bonds. The van der Waals surface area contributed by atoms with Crippen molar-refractivity contribution in [3.8, 4) is 0 Å². The maximum atomic E-state index is 11.2. The summed E-state index contributed by atoms with van der Waals surface area (Å²) in [5.74, 6) is 2.74. The number of imidazole rings is 1. The molecule has 1 aromatic rings. The van der Waals surface area contributed by atoms with Crippen molar-refractivity contribution >= 4 is 10.8 Å². The largest absolute Gasteiger partial charge is 0.337 e. The van der Waals surface area contributed by atoms with E-state index in [-0.39, 0.29) is 6.04 Å². The highest BCUT2D eigenvalue weighted by Crippen LogP contribution is 2.15. The number of nitrogens with one attached hydrogen (secondary N) is 1. The summed E-state index contributed by atoms with van der Waals surface area (Å²) in [5, 5.41) is 3.56. The third-order valence-electron chi connectivity index (χ3n) is 3.12. The standard InChI is InChI=1S/C11H19N3OS/c1-9(11-12-5-6-14(11)2)13-10-3-7-16(15)8-4-10/h5-6,9-10,13H,3-4,7-8H2,1-2H3. The highest BCUT2D eigenvalue weighted by molar-refractivity contribution is 7.85. The molecule has 16 heavy (non-hydrogen) atoms. The van der Waals surface area contributed by atoms with Gasteiger partial charge in [-0.1, -0.05) is 0 Å². The van der Waals surface area contributed by atoms with Crippen LogP contribution in [0.25, 0.3) is 0 Å². The van der Waals surface area contributed by atoms with E-state index < -0.39 is 10.8 Å². The van der Waals surface area contributed by atoms with Crippen LogP contribution in [-0.4, -0.2) is 31.3 Å². The Morgan fingerprint density at radius 1 is 1.56 bits per heavy atom. The summed E-state index contributed by atoms with van der Waals surface area (Å²) in [6.45, 7) is 2.13. The molecule has 1 aliphatic heterocycles. The van der Waals surface area contributed by atoms with Gasteiger partial charge in [0.15, 0.2) is 0 Å². The third kappa shape index (κ3) is 2.71. The molecule has 0 aliphatic carbocycles. The van der Waals surface area contributed by atoms with E-state index in [1.807, 2.05) is 24.0 Å². The van der Waals surface area contributed by atoms with Crippen LogP contribution >= 0.6 is 0 Å². The first-order valence-corrected chi connectivity index (χ1v) is 7.24. The molecule has 1 fully saturated rings. The molecule has 5 heteroatoms. The lowest BCUT2D eigenvalue weighted by Crippen LogP contribution is -2.37. The molecule has 1 aromatic heterocycles. The van der Waals surface area contributed by atoms with Gasteiger partial charge in [0.25, 0.3) is 0 Å². The van der Waals surface area contributed by atoms with E-state index in [2.05, 4.69) is 17.2 Å². The van der Waals surface area contributed by atoms with Crippen LogP contribution in [0.15, 0.2) is 12.4 Å². The zero-order valence-electron chi connectivity index (χ0n) is 9.85. The van der Waals surface area contributed by atoms with Gasteiger partial charge in [-0.15, -0.1) is 0 Å². The molecule has 1 saturated heterocycles. The first-order chi connectivity index (χ1) is 7.66. The minimum atomic E-state index is -0.578. The molecule has 1 unspecified atom stereocenters. The van der Waals surface area contributed by atoms with Crippen LogP contribution in [0.1, 0.15) is 31.6 Å². The van der Waals surface area contributed by atoms with Gasteiger partial charge >= 0.3 is 0 Å². The molecular formula is C11H19N3OS. The van der Waals surface area contributed by atoms with Crippen molar-refractivity contribution in [1.82, 2.24) is 14.9 Å². The highest BCUT2D eigenvalue weighted by atomic mass is 32.2. The van der Waals surface area contributed by atoms with E-state index in [0.717, 1.165) is 30.2 Å². The average molecular weight is 241 g/mol. The topological polar surface area (TPSA) is 46.9 Å². The number of hydrogen-bond acceptors (Lipinski definition) is 3. The van der Waals surface area contributed by atoms with Crippen LogP contribution in [0, 0.1) is 0 Å². The molecule has 0 aromatic carbocycles. The van der Waals surface area contributed by atoms with E-state index >= 15 is 0 Å². The smallest absolute Gasteiger partial charge is 0.125 e. The molecule has 90 valence electrons. The van der Waals surface area contributed by atoms with Gasteiger partial charge in [-0.3, -0.25) is 4.21 Å². The molecule has 0 bridgehead atoms. The Morgan fingerprint density at radius 3 is 2.81 bits per heavy atom. The maximum Gasteiger partial charge on any atom is 0.125 e. The summed E-state index contributed by atoms with van der Waals surface area (Å²) in [6.07, 6.45) is 5.82. The summed E-state index contributed by atoms with van der Waals surface area (Å²) in [5.41, 5.74) is 0. The summed E-state index contributed by atoms with van der Waals surface area (Å²) in [6, 6.07) is 0.751. The monoisotopic (exact) mass is 241 g/mol. The van der Waals surface area contributed by atoms with Gasteiger partial charge in [-0.2, -0.15) is 0 Å². The van der Waals surface area contributed by atoms with Crippen molar-refractivity contribution in [3.05, 3.63) is 18.2 Å². The zero-order chi connectivity index (χ0) is 11.5. The second-order valence-electron chi connectivity index (χ2n) is 4.41. The highest BCUT2D eigenvalue weighted by Gasteiger charge is 2.20. The van der Waals surface area contributed by atoms with E-state index in [1.165, 1.54) is 0 Å². The van der Waals surface area contributed by atoms with Crippen LogP contribution in [0.5, 0.6) is 0 Å². The van der Waals surface area contributed by atoms with Gasteiger partial charge in [0.2, 0.25) is 0 Å². The van der Waals surface area contributed by atoms with Crippen LogP contribution in [0.4, 0.5) is 0 Å². The Balaban J connectivity index is 1.90. The van der Waals surface area contributed by atoms with E-state index in [1.54, 1.807) is 0 Å². The maximum absolute atomic E-state index is 11.2. The Kier molecular flexibility index (Phi) is 3.76. The Bertz CT molecular complexity index is 367. The fourth-order valence-corrected chi connectivity index (χ4v) is 3.48. The SMILES string of the molecule is CC(NC1CCS(=O)CC1)c1nccn1C. The number of aromatic nitrogens is 2. The number of hydrogen-bond donors (Lipinski definition) is 1. The molecule has 4 nitrogen and oxygen atoms in total. The Hall–Kier alpha value is -0.680. The molecule has 0 spiro atoms. The second-order valence-corrected chi connectivity index (χ2v) is 6.10. The molecule has 1 N–H and O–H groups in total. The summed E-state index contributed by atoms with van der Waals surface area (Å²) in [4.78, 5) is 4.34. The van der Waals surface area contributed by atoms with Crippen molar-refractivity contribution in [3.63, 3.8) is 0 Å². The molecule has 0 radical (unpaired) electrons. The van der Waals surface area contributed by atoms with Gasteiger partial charge in [0.1, 0.15) is 5.82 Å². The van der Waals surface area contributed by atoms with Crippen molar-refractivity contribution in [2.75, 3.05) is 11.5 Å².